The largest absolute Gasteiger partial charge is 0.506 e. The van der Waals surface area contributed by atoms with Crippen molar-refractivity contribution in [2.45, 2.75) is 5.16 Å². The predicted octanol–water partition coefficient (Wildman–Crippen LogP) is 4.00. The number of carbonyl (C=O) groups excluding carboxylic acids is 1. The number of nitro benzene ring substituents is 1. The van der Waals surface area contributed by atoms with E-state index in [1.807, 2.05) is 29.6 Å². The summed E-state index contributed by atoms with van der Waals surface area (Å²) in [6.07, 6.45) is 0. The molecule has 4 rings (SSSR count). The highest BCUT2D eigenvalue weighted by Crippen LogP contribution is 2.33. The van der Waals surface area contributed by atoms with Crippen molar-refractivity contribution in [1.29, 1.82) is 0 Å². The van der Waals surface area contributed by atoms with E-state index in [4.69, 9.17) is 4.74 Å². The van der Waals surface area contributed by atoms with Crippen LogP contribution in [0.25, 0.3) is 21.3 Å². The zero-order chi connectivity index (χ0) is 23.5. The minimum absolute atomic E-state index is 0.0760. The van der Waals surface area contributed by atoms with Gasteiger partial charge in [-0.2, -0.15) is 0 Å². The van der Waals surface area contributed by atoms with Gasteiger partial charge in [0.05, 0.1) is 28.9 Å². The lowest BCUT2D eigenvalue weighted by atomic mass is 10.1. The third-order valence-electron chi connectivity index (χ3n) is 4.61. The number of thiophene rings is 1. The monoisotopic (exact) mass is 484 g/mol. The zero-order valence-electron chi connectivity index (χ0n) is 17.0. The van der Waals surface area contributed by atoms with Crippen molar-refractivity contribution in [2.75, 3.05) is 18.2 Å². The van der Waals surface area contributed by atoms with Gasteiger partial charge >= 0.3 is 0 Å². The Hall–Kier alpha value is -3.90. The molecule has 2 aromatic carbocycles. The maximum atomic E-state index is 12.8. The first-order chi connectivity index (χ1) is 15.9. The molecule has 0 aliphatic carbocycles. The van der Waals surface area contributed by atoms with Gasteiger partial charge in [0.25, 0.3) is 11.2 Å². The Labute approximate surface area is 194 Å². The van der Waals surface area contributed by atoms with Crippen molar-refractivity contribution in [3.05, 3.63) is 68.3 Å². The first-order valence-corrected chi connectivity index (χ1v) is 11.3. The molecule has 0 aliphatic rings. The van der Waals surface area contributed by atoms with Crippen LogP contribution in [0.2, 0.25) is 0 Å². The molecule has 0 saturated heterocycles. The molecule has 0 atom stereocenters. The average molecular weight is 485 g/mol. The number of ether oxygens (including phenoxy) is 1. The van der Waals surface area contributed by atoms with Crippen LogP contribution in [0.4, 0.5) is 11.4 Å². The lowest BCUT2D eigenvalue weighted by Gasteiger charge is -2.07. The summed E-state index contributed by atoms with van der Waals surface area (Å²) in [5.74, 6) is -0.286. The molecule has 1 amide bonds. The highest BCUT2D eigenvalue weighted by molar-refractivity contribution is 7.99. The average Bonchev–Trinajstić information content (AvgIpc) is 3.24. The predicted molar refractivity (Wildman–Crippen MR) is 126 cm³/mol. The van der Waals surface area contributed by atoms with Crippen LogP contribution >= 0.6 is 23.1 Å². The Morgan fingerprint density at radius 3 is 2.91 bits per heavy atom. The number of non-ortho nitro benzene ring substituents is 1. The summed E-state index contributed by atoms with van der Waals surface area (Å²) in [7, 11) is 1.57. The first-order valence-electron chi connectivity index (χ1n) is 9.41. The van der Waals surface area contributed by atoms with E-state index in [1.54, 1.807) is 7.11 Å². The van der Waals surface area contributed by atoms with Crippen molar-refractivity contribution in [3.63, 3.8) is 0 Å². The number of thioether (sulfide) groups is 1. The summed E-state index contributed by atoms with van der Waals surface area (Å²) in [6.45, 7) is 0. The minimum Gasteiger partial charge on any atom is -0.506 e. The maximum absolute atomic E-state index is 12.8. The van der Waals surface area contributed by atoms with E-state index in [1.165, 1.54) is 11.3 Å². The summed E-state index contributed by atoms with van der Waals surface area (Å²) >= 11 is 2.31. The number of aromatic nitrogens is 2. The fourth-order valence-corrected chi connectivity index (χ4v) is 4.72. The Balaban J connectivity index is 1.51. The third-order valence-corrected chi connectivity index (χ3v) is 6.35. The molecular weight excluding hydrogens is 468 g/mol. The molecule has 33 heavy (non-hydrogen) atoms. The third kappa shape index (κ3) is 4.81. The summed E-state index contributed by atoms with van der Waals surface area (Å²) in [5, 5.41) is 25.7. The number of methoxy groups -OCH3 is 1. The number of amides is 1. The molecule has 0 unspecified atom stereocenters. The maximum Gasteiger partial charge on any atom is 0.271 e. The molecule has 2 aromatic heterocycles. The van der Waals surface area contributed by atoms with Gasteiger partial charge in [-0.25, -0.2) is 4.98 Å². The summed E-state index contributed by atoms with van der Waals surface area (Å²) in [5.41, 5.74) is 0.880. The number of H-pyrrole nitrogens is 1. The molecular formula is C21H16N4O6S2. The Morgan fingerprint density at radius 1 is 1.33 bits per heavy atom. The van der Waals surface area contributed by atoms with Crippen molar-refractivity contribution in [1.82, 2.24) is 9.97 Å². The number of phenols is 1. The first kappa shape index (κ1) is 22.3. The molecule has 4 aromatic rings. The Kier molecular flexibility index (Phi) is 6.29. The molecule has 2 heterocycles. The van der Waals surface area contributed by atoms with E-state index < -0.39 is 10.8 Å². The number of anilines is 1. The van der Waals surface area contributed by atoms with Crippen LogP contribution in [0.3, 0.4) is 0 Å². The lowest BCUT2D eigenvalue weighted by molar-refractivity contribution is -0.384. The number of nitrogens with one attached hydrogen (secondary N) is 2. The van der Waals surface area contributed by atoms with Gasteiger partial charge < -0.3 is 20.1 Å². The van der Waals surface area contributed by atoms with E-state index in [2.05, 4.69) is 15.3 Å². The van der Waals surface area contributed by atoms with Gasteiger partial charge in [0.1, 0.15) is 16.3 Å². The number of phenolic OH excluding ortho intramolecular Hbond substituents is 1. The van der Waals surface area contributed by atoms with Gasteiger partial charge in [-0.15, -0.1) is 11.3 Å². The number of rotatable bonds is 7. The molecule has 0 spiro atoms. The minimum atomic E-state index is -0.630. The number of nitrogens with zero attached hydrogens (tertiary/aromatic N) is 2. The van der Waals surface area contributed by atoms with E-state index in [9.17, 15) is 24.8 Å². The van der Waals surface area contributed by atoms with Crippen molar-refractivity contribution in [3.8, 4) is 22.6 Å². The van der Waals surface area contributed by atoms with Crippen molar-refractivity contribution >= 4 is 50.6 Å². The number of carbonyl (C=O) groups is 1. The molecule has 10 nitrogen and oxygen atoms in total. The Bertz CT molecular complexity index is 1430. The number of benzene rings is 2. The molecule has 0 aliphatic heterocycles. The van der Waals surface area contributed by atoms with Crippen molar-refractivity contribution < 1.29 is 19.6 Å². The van der Waals surface area contributed by atoms with Gasteiger partial charge in [0.2, 0.25) is 5.91 Å². The highest BCUT2D eigenvalue weighted by Gasteiger charge is 2.16. The lowest BCUT2D eigenvalue weighted by Crippen LogP contribution is -2.15. The summed E-state index contributed by atoms with van der Waals surface area (Å²) in [6, 6.07) is 10.7. The number of hydrogen-bond acceptors (Lipinski definition) is 9. The van der Waals surface area contributed by atoms with E-state index in [-0.39, 0.29) is 33.6 Å². The second-order valence-electron chi connectivity index (χ2n) is 6.73. The van der Waals surface area contributed by atoms with Gasteiger partial charge in [-0.1, -0.05) is 23.9 Å². The van der Waals surface area contributed by atoms with Gasteiger partial charge in [0.15, 0.2) is 5.16 Å². The van der Waals surface area contributed by atoms with E-state index >= 15 is 0 Å². The second-order valence-corrected chi connectivity index (χ2v) is 8.55. The highest BCUT2D eigenvalue weighted by atomic mass is 32.2. The zero-order valence-corrected chi connectivity index (χ0v) is 18.7. The number of nitro groups is 1. The topological polar surface area (TPSA) is 147 Å². The van der Waals surface area contributed by atoms with E-state index in [0.29, 0.717) is 16.0 Å². The second kappa shape index (κ2) is 9.30. The number of aromatic hydroxyl groups is 1. The van der Waals surface area contributed by atoms with Crippen LogP contribution in [-0.4, -0.2) is 38.8 Å². The number of aromatic amines is 1. The molecule has 0 saturated carbocycles. The quantitative estimate of drug-likeness (QED) is 0.117. The molecule has 0 fully saturated rings. The standard InChI is InChI=1S/C21H16N4O6S2/c1-31-13-4-2-3-11(7-13)14-9-32-20-18(14)19(28)23-21(24-20)33-10-17(27)22-15-8-12(25(29)30)5-6-16(15)26/h2-9,26H,10H2,1H3,(H,22,27)(H,23,24,28). The Morgan fingerprint density at radius 2 is 2.15 bits per heavy atom. The normalized spacial score (nSPS) is 10.8. The van der Waals surface area contributed by atoms with Gasteiger partial charge in [0, 0.05) is 23.1 Å². The van der Waals surface area contributed by atoms with Crippen LogP contribution in [0.1, 0.15) is 0 Å². The van der Waals surface area contributed by atoms with Crippen molar-refractivity contribution in [2.24, 2.45) is 0 Å². The smallest absolute Gasteiger partial charge is 0.271 e. The van der Waals surface area contributed by atoms with Gasteiger partial charge in [-0.05, 0) is 23.8 Å². The van der Waals surface area contributed by atoms with Gasteiger partial charge in [-0.3, -0.25) is 19.7 Å². The van der Waals surface area contributed by atoms with E-state index in [0.717, 1.165) is 41.1 Å². The van der Waals surface area contributed by atoms with Crippen LogP contribution in [0.5, 0.6) is 11.5 Å². The summed E-state index contributed by atoms with van der Waals surface area (Å²) in [4.78, 5) is 42.9. The fourth-order valence-electron chi connectivity index (χ4n) is 3.06. The number of hydrogen-bond donors (Lipinski definition) is 3. The SMILES string of the molecule is COc1cccc(-c2csc3nc(SCC(=O)Nc4cc([N+](=O)[O-])ccc4O)[nH]c(=O)c23)c1. The van der Waals surface area contributed by atoms with Crippen LogP contribution in [-0.2, 0) is 4.79 Å². The summed E-state index contributed by atoms with van der Waals surface area (Å²) < 4.78 is 5.25. The van der Waals surface area contributed by atoms with Crippen LogP contribution in [0, 0.1) is 10.1 Å². The van der Waals surface area contributed by atoms with Crippen LogP contribution in [0.15, 0.2) is 57.8 Å². The molecule has 12 heteroatoms. The molecule has 0 bridgehead atoms. The van der Waals surface area contributed by atoms with Crippen LogP contribution < -0.4 is 15.6 Å². The fraction of sp³-hybridized carbons (Fsp3) is 0.0952. The molecule has 168 valence electrons. The molecule has 3 N–H and O–H groups in total. The number of fused-ring (bicyclic) bond motifs is 1. The molecule has 0 radical (unpaired) electrons.